The van der Waals surface area contributed by atoms with Gasteiger partial charge >= 0.3 is 0 Å². The lowest BCUT2D eigenvalue weighted by Gasteiger charge is -2.08. The molecule has 0 atom stereocenters. The van der Waals surface area contributed by atoms with Gasteiger partial charge in [0.15, 0.2) is 5.13 Å². The van der Waals surface area contributed by atoms with Crippen LogP contribution in [0.25, 0.3) is 10.6 Å². The number of thiophene rings is 1. The molecule has 1 amide bonds. The van der Waals surface area contributed by atoms with Crippen LogP contribution in [0.15, 0.2) is 62.9 Å². The Morgan fingerprint density at radius 2 is 2.04 bits per heavy atom. The number of thiazole rings is 2. The lowest BCUT2D eigenvalue weighted by atomic mass is 10.2. The van der Waals surface area contributed by atoms with E-state index in [1.54, 1.807) is 34.4 Å². The second-order valence-electron chi connectivity index (χ2n) is 5.23. The molecule has 8 heteroatoms. The van der Waals surface area contributed by atoms with Crippen molar-refractivity contribution in [3.8, 4) is 10.6 Å². The molecule has 0 saturated carbocycles. The molecule has 0 aliphatic heterocycles. The zero-order valence-electron chi connectivity index (χ0n) is 13.4. The lowest BCUT2D eigenvalue weighted by molar-refractivity contribution is 0.102. The van der Waals surface area contributed by atoms with E-state index in [-0.39, 0.29) is 5.91 Å². The largest absolute Gasteiger partial charge is 0.298 e. The highest BCUT2D eigenvalue weighted by molar-refractivity contribution is 7.98. The van der Waals surface area contributed by atoms with Crippen molar-refractivity contribution >= 4 is 56.8 Å². The van der Waals surface area contributed by atoms with E-state index in [1.165, 1.54) is 11.3 Å². The van der Waals surface area contributed by atoms with Crippen LogP contribution < -0.4 is 5.32 Å². The number of carbonyl (C=O) groups is 1. The maximum absolute atomic E-state index is 12.7. The lowest BCUT2D eigenvalue weighted by Crippen LogP contribution is -2.12. The van der Waals surface area contributed by atoms with Gasteiger partial charge in [-0.1, -0.05) is 18.2 Å². The molecular weight excluding hydrogens is 402 g/mol. The van der Waals surface area contributed by atoms with Crippen molar-refractivity contribution in [2.75, 3.05) is 5.32 Å². The average molecular weight is 416 g/mol. The van der Waals surface area contributed by atoms with Crippen LogP contribution in [-0.2, 0) is 5.75 Å². The monoisotopic (exact) mass is 415 g/mol. The Kier molecular flexibility index (Phi) is 5.45. The number of nitrogens with one attached hydrogen (secondary N) is 1. The molecule has 0 spiro atoms. The van der Waals surface area contributed by atoms with Crippen LogP contribution in [0.1, 0.15) is 16.1 Å². The molecule has 26 heavy (non-hydrogen) atoms. The standard InChI is InChI=1S/C18H13N3OS4/c22-17(21-18-20-14(10-26-18)16-6-3-7-24-16)13-4-1-2-5-15(13)25-9-12-8-23-11-19-12/h1-8,10-11H,9H2,(H,20,21,22). The van der Waals surface area contributed by atoms with E-state index in [4.69, 9.17) is 0 Å². The van der Waals surface area contributed by atoms with Crippen LogP contribution in [0.4, 0.5) is 5.13 Å². The summed E-state index contributed by atoms with van der Waals surface area (Å²) in [4.78, 5) is 23.6. The molecular formula is C18H13N3OS4. The summed E-state index contributed by atoms with van der Waals surface area (Å²) in [5.41, 5.74) is 4.39. The molecule has 0 fully saturated rings. The molecule has 0 bridgehead atoms. The summed E-state index contributed by atoms with van der Waals surface area (Å²) in [6.07, 6.45) is 0. The third-order valence-electron chi connectivity index (χ3n) is 3.49. The topological polar surface area (TPSA) is 54.9 Å². The summed E-state index contributed by atoms with van der Waals surface area (Å²) < 4.78 is 0. The van der Waals surface area contributed by atoms with Crippen molar-refractivity contribution in [1.82, 2.24) is 9.97 Å². The van der Waals surface area contributed by atoms with Crippen molar-refractivity contribution < 1.29 is 4.79 Å². The summed E-state index contributed by atoms with van der Waals surface area (Å²) >= 11 is 6.26. The van der Waals surface area contributed by atoms with Crippen molar-refractivity contribution in [2.45, 2.75) is 10.6 Å². The first-order valence-electron chi connectivity index (χ1n) is 7.69. The molecule has 0 radical (unpaired) electrons. The van der Waals surface area contributed by atoms with Gasteiger partial charge in [0.05, 0.1) is 27.3 Å². The number of anilines is 1. The summed E-state index contributed by atoms with van der Waals surface area (Å²) in [6.45, 7) is 0. The van der Waals surface area contributed by atoms with Crippen molar-refractivity contribution in [1.29, 1.82) is 0 Å². The van der Waals surface area contributed by atoms with Crippen LogP contribution in [0.5, 0.6) is 0 Å². The average Bonchev–Trinajstić information content (AvgIpc) is 3.41. The molecule has 4 nitrogen and oxygen atoms in total. The number of benzene rings is 1. The van der Waals surface area contributed by atoms with E-state index >= 15 is 0 Å². The van der Waals surface area contributed by atoms with Gasteiger partial charge in [-0.15, -0.1) is 45.8 Å². The molecule has 1 aromatic carbocycles. The molecule has 3 heterocycles. The van der Waals surface area contributed by atoms with Gasteiger partial charge in [-0.3, -0.25) is 10.1 Å². The predicted molar refractivity (Wildman–Crippen MR) is 111 cm³/mol. The van der Waals surface area contributed by atoms with Crippen LogP contribution in [0, 0.1) is 0 Å². The number of thioether (sulfide) groups is 1. The molecule has 0 unspecified atom stereocenters. The first-order chi connectivity index (χ1) is 12.8. The molecule has 0 saturated heterocycles. The fourth-order valence-corrected chi connectivity index (χ4v) is 5.36. The number of nitrogens with zero attached hydrogens (tertiary/aromatic N) is 2. The van der Waals surface area contributed by atoms with Gasteiger partial charge in [0.1, 0.15) is 0 Å². The Balaban J connectivity index is 1.48. The number of hydrogen-bond donors (Lipinski definition) is 1. The summed E-state index contributed by atoms with van der Waals surface area (Å²) in [6, 6.07) is 11.6. The van der Waals surface area contributed by atoms with Gasteiger partial charge in [0, 0.05) is 21.4 Å². The fraction of sp³-hybridized carbons (Fsp3) is 0.0556. The minimum absolute atomic E-state index is 0.140. The highest BCUT2D eigenvalue weighted by atomic mass is 32.2. The van der Waals surface area contributed by atoms with Gasteiger partial charge in [0.2, 0.25) is 0 Å². The van der Waals surface area contributed by atoms with Gasteiger partial charge in [-0.25, -0.2) is 9.97 Å². The van der Waals surface area contributed by atoms with Crippen LogP contribution in [0.2, 0.25) is 0 Å². The van der Waals surface area contributed by atoms with Gasteiger partial charge in [0.25, 0.3) is 5.91 Å². The molecule has 4 aromatic rings. The van der Waals surface area contributed by atoms with E-state index in [0.29, 0.717) is 10.7 Å². The predicted octanol–water partition coefficient (Wildman–Crippen LogP) is 5.87. The molecule has 3 aromatic heterocycles. The minimum atomic E-state index is -0.140. The first-order valence-corrected chi connectivity index (χ1v) is 11.4. The Labute approximate surface area is 167 Å². The van der Waals surface area contributed by atoms with E-state index in [2.05, 4.69) is 15.3 Å². The van der Waals surface area contributed by atoms with Crippen molar-refractivity contribution in [3.05, 3.63) is 69.3 Å². The van der Waals surface area contributed by atoms with Gasteiger partial charge < -0.3 is 0 Å². The minimum Gasteiger partial charge on any atom is -0.298 e. The number of amides is 1. The Morgan fingerprint density at radius 1 is 1.12 bits per heavy atom. The SMILES string of the molecule is O=C(Nc1nc(-c2cccs2)cs1)c1ccccc1SCc1cscn1. The molecule has 130 valence electrons. The quantitative estimate of drug-likeness (QED) is 0.400. The Morgan fingerprint density at radius 3 is 2.85 bits per heavy atom. The Hall–Kier alpha value is -2.00. The highest BCUT2D eigenvalue weighted by Crippen LogP contribution is 2.30. The highest BCUT2D eigenvalue weighted by Gasteiger charge is 2.14. The third kappa shape index (κ3) is 4.04. The second kappa shape index (κ2) is 8.13. The number of rotatable bonds is 6. The fourth-order valence-electron chi connectivity index (χ4n) is 2.27. The normalized spacial score (nSPS) is 10.8. The van der Waals surface area contributed by atoms with Gasteiger partial charge in [-0.05, 0) is 23.6 Å². The molecule has 1 N–H and O–H groups in total. The zero-order valence-corrected chi connectivity index (χ0v) is 16.7. The maximum Gasteiger partial charge on any atom is 0.258 e. The third-order valence-corrected chi connectivity index (χ3v) is 6.88. The smallest absolute Gasteiger partial charge is 0.258 e. The van der Waals surface area contributed by atoms with E-state index in [9.17, 15) is 4.79 Å². The molecule has 0 aliphatic carbocycles. The summed E-state index contributed by atoms with van der Waals surface area (Å²) in [7, 11) is 0. The summed E-state index contributed by atoms with van der Waals surface area (Å²) in [5, 5.41) is 9.53. The van der Waals surface area contributed by atoms with Gasteiger partial charge in [-0.2, -0.15) is 0 Å². The van der Waals surface area contributed by atoms with E-state index < -0.39 is 0 Å². The summed E-state index contributed by atoms with van der Waals surface area (Å²) in [5.74, 6) is 0.603. The van der Waals surface area contributed by atoms with E-state index in [1.807, 2.05) is 58.0 Å². The number of hydrogen-bond acceptors (Lipinski definition) is 7. The van der Waals surface area contributed by atoms with Crippen LogP contribution in [-0.4, -0.2) is 15.9 Å². The maximum atomic E-state index is 12.7. The van der Waals surface area contributed by atoms with Crippen LogP contribution >= 0.6 is 45.8 Å². The van der Waals surface area contributed by atoms with Crippen LogP contribution in [0.3, 0.4) is 0 Å². The zero-order chi connectivity index (χ0) is 17.8. The second-order valence-corrected chi connectivity index (χ2v) is 8.78. The Bertz CT molecular complexity index is 993. The van der Waals surface area contributed by atoms with E-state index in [0.717, 1.165) is 26.9 Å². The number of carbonyl (C=O) groups excluding carboxylic acids is 1. The van der Waals surface area contributed by atoms with Crippen molar-refractivity contribution in [2.24, 2.45) is 0 Å². The molecule has 4 rings (SSSR count). The first kappa shape index (κ1) is 17.4. The van der Waals surface area contributed by atoms with Crippen molar-refractivity contribution in [3.63, 3.8) is 0 Å². The number of aromatic nitrogens is 2. The molecule has 0 aliphatic rings.